The number of carbonyl (C=O) groups is 3. The van der Waals surface area contributed by atoms with Gasteiger partial charge >= 0.3 is 17.9 Å². The molecule has 0 aliphatic heterocycles. The number of esters is 3. The highest BCUT2D eigenvalue weighted by atomic mass is 16.6. The maximum Gasteiger partial charge on any atom is 0.306 e. The molecule has 0 radical (unpaired) electrons. The quantitative estimate of drug-likeness (QED) is 0.0261. The lowest BCUT2D eigenvalue weighted by molar-refractivity contribution is -0.167. The molecule has 0 fully saturated rings. The monoisotopic (exact) mass is 1150 g/mol. The van der Waals surface area contributed by atoms with E-state index < -0.39 is 6.10 Å². The average molecular weight is 1150 g/mol. The third-order valence-electron chi connectivity index (χ3n) is 14.9. The van der Waals surface area contributed by atoms with E-state index in [4.69, 9.17) is 14.2 Å². The Morgan fingerprint density at radius 1 is 0.253 bits per heavy atom. The van der Waals surface area contributed by atoms with Gasteiger partial charge in [-0.15, -0.1) is 0 Å². The molecule has 0 saturated heterocycles. The van der Waals surface area contributed by atoms with Crippen molar-refractivity contribution >= 4 is 17.9 Å². The molecule has 0 heterocycles. The Hall–Kier alpha value is -4.19. The normalized spacial score (nSPS) is 12.9. The van der Waals surface area contributed by atoms with Crippen molar-refractivity contribution in [3.63, 3.8) is 0 Å². The molecule has 474 valence electrons. The minimum absolute atomic E-state index is 0.0855. The van der Waals surface area contributed by atoms with Crippen LogP contribution in [-0.2, 0) is 28.6 Å². The topological polar surface area (TPSA) is 78.9 Å². The van der Waals surface area contributed by atoms with Crippen LogP contribution in [0.3, 0.4) is 0 Å². The molecule has 83 heavy (non-hydrogen) atoms. The van der Waals surface area contributed by atoms with Crippen LogP contribution in [0.5, 0.6) is 0 Å². The summed E-state index contributed by atoms with van der Waals surface area (Å²) in [4.78, 5) is 38.4. The van der Waals surface area contributed by atoms with Crippen LogP contribution >= 0.6 is 0 Å². The van der Waals surface area contributed by atoms with Gasteiger partial charge in [0.25, 0.3) is 0 Å². The van der Waals surface area contributed by atoms with Crippen molar-refractivity contribution in [2.45, 2.75) is 335 Å². The summed E-state index contributed by atoms with van der Waals surface area (Å²) in [6.45, 7) is 6.42. The molecular formula is C77H130O6. The molecule has 0 aromatic rings. The minimum atomic E-state index is -0.791. The zero-order valence-electron chi connectivity index (χ0n) is 54.4. The molecule has 0 N–H and O–H groups in total. The molecule has 0 spiro atoms. The Morgan fingerprint density at radius 2 is 0.470 bits per heavy atom. The summed E-state index contributed by atoms with van der Waals surface area (Å²) < 4.78 is 17.0. The first-order chi connectivity index (χ1) is 41.0. The van der Waals surface area contributed by atoms with Gasteiger partial charge in [0.2, 0.25) is 0 Å². The highest BCUT2D eigenvalue weighted by Crippen LogP contribution is 2.17. The molecule has 1 atom stereocenters. The number of unbranched alkanes of at least 4 members (excludes halogenated alkanes) is 32. The van der Waals surface area contributed by atoms with E-state index in [1.807, 2.05) is 0 Å². The molecule has 0 aliphatic carbocycles. The van der Waals surface area contributed by atoms with E-state index in [-0.39, 0.29) is 31.1 Å². The number of hydrogen-bond donors (Lipinski definition) is 0. The van der Waals surface area contributed by atoms with E-state index in [1.54, 1.807) is 0 Å². The molecule has 0 saturated carbocycles. The lowest BCUT2D eigenvalue weighted by Crippen LogP contribution is -2.30. The lowest BCUT2D eigenvalue weighted by Gasteiger charge is -2.18. The Bertz CT molecular complexity index is 1700. The fourth-order valence-electron chi connectivity index (χ4n) is 9.75. The van der Waals surface area contributed by atoms with Crippen LogP contribution in [0.25, 0.3) is 0 Å². The van der Waals surface area contributed by atoms with Crippen LogP contribution in [0.4, 0.5) is 0 Å². The second kappa shape index (κ2) is 70.3. The highest BCUT2D eigenvalue weighted by molar-refractivity contribution is 5.71. The van der Waals surface area contributed by atoms with Crippen molar-refractivity contribution in [2.75, 3.05) is 13.2 Å². The molecule has 6 nitrogen and oxygen atoms in total. The van der Waals surface area contributed by atoms with E-state index in [9.17, 15) is 14.4 Å². The van der Waals surface area contributed by atoms with Gasteiger partial charge < -0.3 is 14.2 Å². The largest absolute Gasteiger partial charge is 0.462 e. The molecule has 1 unspecified atom stereocenters. The highest BCUT2D eigenvalue weighted by Gasteiger charge is 2.19. The van der Waals surface area contributed by atoms with Gasteiger partial charge in [-0.3, -0.25) is 14.4 Å². The molecule has 0 bridgehead atoms. The van der Waals surface area contributed by atoms with Crippen LogP contribution in [0.1, 0.15) is 329 Å². The number of hydrogen-bond acceptors (Lipinski definition) is 6. The van der Waals surface area contributed by atoms with Crippen molar-refractivity contribution in [3.05, 3.63) is 122 Å². The third kappa shape index (κ3) is 68.5. The van der Waals surface area contributed by atoms with Crippen LogP contribution in [0, 0.1) is 0 Å². The van der Waals surface area contributed by atoms with Crippen molar-refractivity contribution in [2.24, 2.45) is 0 Å². The summed E-state index contributed by atoms with van der Waals surface area (Å²) in [5.74, 6) is -0.896. The van der Waals surface area contributed by atoms with Gasteiger partial charge in [0, 0.05) is 19.3 Å². The molecule has 0 aromatic carbocycles. The number of carbonyl (C=O) groups excluding carboxylic acids is 3. The molecule has 0 aliphatic rings. The number of allylic oxidation sites excluding steroid dienone is 20. The van der Waals surface area contributed by atoms with Crippen LogP contribution in [-0.4, -0.2) is 37.2 Å². The van der Waals surface area contributed by atoms with Gasteiger partial charge in [-0.25, -0.2) is 0 Å². The smallest absolute Gasteiger partial charge is 0.306 e. The first-order valence-corrected chi connectivity index (χ1v) is 35.0. The Labute approximate surface area is 513 Å². The fourth-order valence-corrected chi connectivity index (χ4v) is 9.75. The summed E-state index contributed by atoms with van der Waals surface area (Å²) in [6, 6.07) is 0. The first kappa shape index (κ1) is 78.8. The summed E-state index contributed by atoms with van der Waals surface area (Å²) in [5, 5.41) is 0. The van der Waals surface area contributed by atoms with Crippen molar-refractivity contribution in [1.82, 2.24) is 0 Å². The Morgan fingerprint density at radius 3 is 0.747 bits per heavy atom. The molecule has 6 heteroatoms. The van der Waals surface area contributed by atoms with Gasteiger partial charge in [-0.2, -0.15) is 0 Å². The van der Waals surface area contributed by atoms with E-state index in [2.05, 4.69) is 142 Å². The van der Waals surface area contributed by atoms with E-state index >= 15 is 0 Å². The fraction of sp³-hybridized carbons (Fsp3) is 0.701. The minimum Gasteiger partial charge on any atom is -0.462 e. The van der Waals surface area contributed by atoms with Gasteiger partial charge in [-0.05, 0) is 128 Å². The Balaban J connectivity index is 4.30. The van der Waals surface area contributed by atoms with Crippen molar-refractivity contribution in [3.8, 4) is 0 Å². The second-order valence-electron chi connectivity index (χ2n) is 23.0. The molecular weight excluding hydrogens is 1020 g/mol. The van der Waals surface area contributed by atoms with Gasteiger partial charge in [0.05, 0.1) is 0 Å². The molecule has 0 amide bonds. The molecule has 0 aromatic heterocycles. The summed E-state index contributed by atoms with van der Waals surface area (Å²) in [5.41, 5.74) is 0. The maximum absolute atomic E-state index is 12.9. The van der Waals surface area contributed by atoms with E-state index in [1.165, 1.54) is 154 Å². The van der Waals surface area contributed by atoms with Crippen LogP contribution < -0.4 is 0 Å². The van der Waals surface area contributed by atoms with Crippen molar-refractivity contribution < 1.29 is 28.6 Å². The summed E-state index contributed by atoms with van der Waals surface area (Å²) in [6.07, 6.45) is 97.9. The zero-order chi connectivity index (χ0) is 59.9. The van der Waals surface area contributed by atoms with Gasteiger partial charge in [-0.1, -0.05) is 303 Å². The maximum atomic E-state index is 12.9. The summed E-state index contributed by atoms with van der Waals surface area (Å²) >= 11 is 0. The van der Waals surface area contributed by atoms with Gasteiger partial charge in [0.1, 0.15) is 13.2 Å². The zero-order valence-corrected chi connectivity index (χ0v) is 54.4. The van der Waals surface area contributed by atoms with E-state index in [0.717, 1.165) is 135 Å². The first-order valence-electron chi connectivity index (χ1n) is 35.0. The third-order valence-corrected chi connectivity index (χ3v) is 14.9. The van der Waals surface area contributed by atoms with Crippen LogP contribution in [0.15, 0.2) is 122 Å². The van der Waals surface area contributed by atoms with E-state index in [0.29, 0.717) is 19.3 Å². The van der Waals surface area contributed by atoms with Crippen molar-refractivity contribution in [1.29, 1.82) is 0 Å². The predicted octanol–water partition coefficient (Wildman–Crippen LogP) is 24.3. The number of rotatable bonds is 63. The van der Waals surface area contributed by atoms with Crippen LogP contribution in [0.2, 0.25) is 0 Å². The standard InChI is InChI=1S/C77H130O6/c1-4-7-10-13-16-19-22-25-28-30-32-33-34-35-36-37-38-39-40-41-42-43-45-46-49-52-55-58-61-64-67-70-76(79)82-73-74(72-81-75(78)69-66-63-60-57-54-51-48-27-24-21-18-15-12-9-6-3)83-77(80)71-68-65-62-59-56-53-50-47-44-31-29-26-23-20-17-14-11-8-5-2/h7,9-10,12,16,18-19,21,25-29,32-33,35-36,38-39,48,74H,4-6,8,11,13-15,17,20,22-24,30-31,34,37,40-47,49-73H2,1-3H3/b10-7-,12-9-,19-16-,21-18-,28-25-,29-26-,33-32-,36-35-,39-38-,48-27-. The predicted molar refractivity (Wildman–Crippen MR) is 362 cm³/mol. The number of ether oxygens (including phenoxy) is 3. The molecule has 0 rings (SSSR count). The van der Waals surface area contributed by atoms with Gasteiger partial charge in [0.15, 0.2) is 6.10 Å². The average Bonchev–Trinajstić information content (AvgIpc) is 3.49. The SMILES string of the molecule is CC/C=C\C/C=C\C/C=C\C/C=C\C/C=C\C/C=C\CCCCCCCCCCCCCCC(=O)OCC(COC(=O)CCCCCCC/C=C\C/C=C\C/C=C\CC)OC(=O)CCCCCCCCCCC/C=C\CCCCCCCC. The lowest BCUT2D eigenvalue weighted by atomic mass is 10.0. The Kier molecular flexibility index (Phi) is 66.7. The second-order valence-corrected chi connectivity index (χ2v) is 23.0. The summed E-state index contributed by atoms with van der Waals surface area (Å²) in [7, 11) is 0.